The molecule has 12 heavy (non-hydrogen) atoms. The Balaban J connectivity index is 3.27. The van der Waals surface area contributed by atoms with Gasteiger partial charge in [0.2, 0.25) is 0 Å². The standard InChI is InChI=1S/C7H5BrClFO2/c8-5-4(9)2-1-3(6(5)10)7(11)12/h1-2,7,11-12H. The molecule has 0 aromatic heterocycles. The number of benzene rings is 1. The number of aliphatic hydroxyl groups excluding tert-OH is 1. The van der Waals surface area contributed by atoms with Crippen molar-refractivity contribution in [2.24, 2.45) is 0 Å². The molecule has 1 aromatic rings. The molecule has 66 valence electrons. The lowest BCUT2D eigenvalue weighted by atomic mass is 10.2. The van der Waals surface area contributed by atoms with Crippen molar-refractivity contribution in [2.75, 3.05) is 0 Å². The van der Waals surface area contributed by atoms with Crippen molar-refractivity contribution in [3.8, 4) is 0 Å². The van der Waals surface area contributed by atoms with E-state index in [2.05, 4.69) is 15.9 Å². The predicted molar refractivity (Wildman–Crippen MR) is 46.3 cm³/mol. The molecule has 0 unspecified atom stereocenters. The highest BCUT2D eigenvalue weighted by Crippen LogP contribution is 2.29. The minimum atomic E-state index is -1.82. The van der Waals surface area contributed by atoms with Gasteiger partial charge < -0.3 is 10.2 Å². The Bertz CT molecular complexity index is 304. The normalized spacial score (nSPS) is 10.8. The molecule has 2 N–H and O–H groups in total. The number of hydrogen-bond donors (Lipinski definition) is 2. The molecule has 0 bridgehead atoms. The van der Waals surface area contributed by atoms with E-state index in [9.17, 15) is 4.39 Å². The molecule has 5 heteroatoms. The molecule has 0 aliphatic rings. The molecule has 0 spiro atoms. The van der Waals surface area contributed by atoms with Crippen molar-refractivity contribution in [3.05, 3.63) is 33.0 Å². The van der Waals surface area contributed by atoms with Crippen molar-refractivity contribution in [1.82, 2.24) is 0 Å². The Labute approximate surface area is 81.7 Å². The largest absolute Gasteiger partial charge is 0.364 e. The molecule has 0 heterocycles. The highest BCUT2D eigenvalue weighted by Gasteiger charge is 2.14. The van der Waals surface area contributed by atoms with Crippen molar-refractivity contribution in [1.29, 1.82) is 0 Å². The maximum Gasteiger partial charge on any atom is 0.181 e. The third-order valence-electron chi connectivity index (χ3n) is 1.34. The zero-order chi connectivity index (χ0) is 9.30. The van der Waals surface area contributed by atoms with Crippen molar-refractivity contribution >= 4 is 27.5 Å². The summed E-state index contributed by atoms with van der Waals surface area (Å²) in [6, 6.07) is 2.59. The molecule has 1 rings (SSSR count). The van der Waals surface area contributed by atoms with Gasteiger partial charge in [0.15, 0.2) is 6.29 Å². The second kappa shape index (κ2) is 3.70. The van der Waals surface area contributed by atoms with Crippen LogP contribution < -0.4 is 0 Å². The summed E-state index contributed by atoms with van der Waals surface area (Å²) in [6.45, 7) is 0. The van der Waals surface area contributed by atoms with E-state index in [1.807, 2.05) is 0 Å². The summed E-state index contributed by atoms with van der Waals surface area (Å²) >= 11 is 8.41. The SMILES string of the molecule is OC(O)c1ccc(Cl)c(Br)c1F. The fourth-order valence-electron chi connectivity index (χ4n) is 0.740. The van der Waals surface area contributed by atoms with Crippen molar-refractivity contribution in [3.63, 3.8) is 0 Å². The summed E-state index contributed by atoms with van der Waals surface area (Å²) in [4.78, 5) is 0. The third-order valence-corrected chi connectivity index (χ3v) is 2.66. The van der Waals surface area contributed by atoms with Crippen LogP contribution >= 0.6 is 27.5 Å². The lowest BCUT2D eigenvalue weighted by molar-refractivity contribution is -0.0450. The molecule has 1 aromatic carbocycles. The van der Waals surface area contributed by atoms with E-state index in [4.69, 9.17) is 21.8 Å². The van der Waals surface area contributed by atoms with Gasteiger partial charge >= 0.3 is 0 Å². The van der Waals surface area contributed by atoms with Crippen LogP contribution in [-0.2, 0) is 0 Å². The van der Waals surface area contributed by atoms with E-state index in [-0.39, 0.29) is 15.1 Å². The molecule has 0 fully saturated rings. The van der Waals surface area contributed by atoms with Crippen LogP contribution in [0.2, 0.25) is 5.02 Å². The van der Waals surface area contributed by atoms with E-state index in [1.54, 1.807) is 0 Å². The van der Waals surface area contributed by atoms with Gasteiger partial charge in [0.1, 0.15) is 5.82 Å². The van der Waals surface area contributed by atoms with Crippen LogP contribution in [0.25, 0.3) is 0 Å². The summed E-state index contributed by atoms with van der Waals surface area (Å²) in [6.07, 6.45) is -1.82. The first-order valence-corrected chi connectivity index (χ1v) is 4.20. The Morgan fingerprint density at radius 1 is 1.42 bits per heavy atom. The number of halogens is 3. The minimum Gasteiger partial charge on any atom is -0.364 e. The first-order valence-electron chi connectivity index (χ1n) is 3.03. The van der Waals surface area contributed by atoms with Crippen LogP contribution in [0.4, 0.5) is 4.39 Å². The summed E-state index contributed by atoms with van der Waals surface area (Å²) in [5.41, 5.74) is -0.203. The van der Waals surface area contributed by atoms with Crippen LogP contribution in [-0.4, -0.2) is 10.2 Å². The van der Waals surface area contributed by atoms with Gasteiger partial charge in [-0.3, -0.25) is 0 Å². The quantitative estimate of drug-likeness (QED) is 0.597. The molecule has 0 aliphatic heterocycles. The topological polar surface area (TPSA) is 40.5 Å². The summed E-state index contributed by atoms with van der Waals surface area (Å²) in [5, 5.41) is 17.5. The second-order valence-corrected chi connectivity index (χ2v) is 3.34. The lowest BCUT2D eigenvalue weighted by Crippen LogP contribution is -1.99. The van der Waals surface area contributed by atoms with E-state index >= 15 is 0 Å². The maximum atomic E-state index is 13.1. The maximum absolute atomic E-state index is 13.1. The molecule has 0 atom stereocenters. The number of hydrogen-bond acceptors (Lipinski definition) is 2. The van der Waals surface area contributed by atoms with Crippen LogP contribution in [0.15, 0.2) is 16.6 Å². The Morgan fingerprint density at radius 2 is 2.00 bits per heavy atom. The smallest absolute Gasteiger partial charge is 0.181 e. The van der Waals surface area contributed by atoms with Crippen molar-refractivity contribution in [2.45, 2.75) is 6.29 Å². The molecular weight excluding hydrogens is 250 g/mol. The van der Waals surface area contributed by atoms with E-state index < -0.39 is 12.1 Å². The second-order valence-electron chi connectivity index (χ2n) is 2.14. The first kappa shape index (κ1) is 9.92. The Kier molecular flexibility index (Phi) is 3.06. The Morgan fingerprint density at radius 3 is 2.50 bits per heavy atom. The average molecular weight is 255 g/mol. The van der Waals surface area contributed by atoms with E-state index in [0.29, 0.717) is 0 Å². The third kappa shape index (κ3) is 1.77. The number of aliphatic hydroxyl groups is 2. The van der Waals surface area contributed by atoms with Gasteiger partial charge in [0.05, 0.1) is 9.50 Å². The minimum absolute atomic E-state index is 0.0368. The lowest BCUT2D eigenvalue weighted by Gasteiger charge is -2.06. The predicted octanol–water partition coefficient (Wildman–Crippen LogP) is 2.22. The summed E-state index contributed by atoms with van der Waals surface area (Å²) in [7, 11) is 0. The van der Waals surface area contributed by atoms with Gasteiger partial charge in [0.25, 0.3) is 0 Å². The van der Waals surface area contributed by atoms with E-state index in [1.165, 1.54) is 12.1 Å². The molecule has 0 radical (unpaired) electrons. The zero-order valence-corrected chi connectivity index (χ0v) is 8.10. The fourth-order valence-corrected chi connectivity index (χ4v) is 1.25. The highest BCUT2D eigenvalue weighted by atomic mass is 79.9. The van der Waals surface area contributed by atoms with Gasteiger partial charge in [-0.1, -0.05) is 11.6 Å². The zero-order valence-electron chi connectivity index (χ0n) is 5.76. The van der Waals surface area contributed by atoms with E-state index in [0.717, 1.165) is 0 Å². The molecule has 0 saturated heterocycles. The molecule has 0 aliphatic carbocycles. The fraction of sp³-hybridized carbons (Fsp3) is 0.143. The average Bonchev–Trinajstić information content (AvgIpc) is 2.00. The molecular formula is C7H5BrClFO2. The van der Waals surface area contributed by atoms with Crippen LogP contribution in [0.5, 0.6) is 0 Å². The monoisotopic (exact) mass is 254 g/mol. The van der Waals surface area contributed by atoms with Crippen molar-refractivity contribution < 1.29 is 14.6 Å². The van der Waals surface area contributed by atoms with Gasteiger partial charge in [-0.05, 0) is 28.1 Å². The van der Waals surface area contributed by atoms with Crippen LogP contribution in [0, 0.1) is 5.82 Å². The molecule has 2 nitrogen and oxygen atoms in total. The van der Waals surface area contributed by atoms with Gasteiger partial charge in [-0.15, -0.1) is 0 Å². The van der Waals surface area contributed by atoms with Gasteiger partial charge in [0, 0.05) is 5.56 Å². The van der Waals surface area contributed by atoms with Gasteiger partial charge in [-0.25, -0.2) is 4.39 Å². The summed E-state index contributed by atoms with van der Waals surface area (Å²) in [5.74, 6) is -0.752. The first-order chi connectivity index (χ1) is 5.54. The van der Waals surface area contributed by atoms with Crippen LogP contribution in [0.3, 0.4) is 0 Å². The summed E-state index contributed by atoms with van der Waals surface area (Å²) < 4.78 is 13.1. The Hall–Kier alpha value is -0.160. The highest BCUT2D eigenvalue weighted by molar-refractivity contribution is 9.10. The number of rotatable bonds is 1. The van der Waals surface area contributed by atoms with Crippen LogP contribution in [0.1, 0.15) is 11.9 Å². The molecule has 0 amide bonds. The molecule has 0 saturated carbocycles. The van der Waals surface area contributed by atoms with Gasteiger partial charge in [-0.2, -0.15) is 0 Å².